The Hall–Kier alpha value is -0.920. The molecule has 1 N–H and O–H groups in total. The zero-order valence-electron chi connectivity index (χ0n) is 9.01. The third-order valence-electron chi connectivity index (χ3n) is 2.02. The predicted molar refractivity (Wildman–Crippen MR) is 55.8 cm³/mol. The van der Waals surface area contributed by atoms with Gasteiger partial charge >= 0.3 is 10.2 Å². The van der Waals surface area contributed by atoms with Gasteiger partial charge in [0, 0.05) is 33.3 Å². The molecule has 1 aromatic rings. The lowest BCUT2D eigenvalue weighted by molar-refractivity contribution is 0.298. The van der Waals surface area contributed by atoms with Crippen LogP contribution in [-0.2, 0) is 16.6 Å². The predicted octanol–water partition coefficient (Wildman–Crippen LogP) is -0.619. The molecule has 0 aromatic carbocycles. The summed E-state index contributed by atoms with van der Waals surface area (Å²) in [6, 6.07) is 0. The number of aliphatic hydroxyl groups is 1. The van der Waals surface area contributed by atoms with E-state index in [1.165, 1.54) is 20.3 Å². The Balaban J connectivity index is 3.13. The van der Waals surface area contributed by atoms with E-state index in [2.05, 4.69) is 5.10 Å². The molecule has 0 spiro atoms. The third-order valence-corrected chi connectivity index (χ3v) is 3.61. The van der Waals surface area contributed by atoms with E-state index in [0.717, 1.165) is 14.0 Å². The first-order valence-electron chi connectivity index (χ1n) is 4.48. The molecule has 6 nitrogen and oxygen atoms in total. The van der Waals surface area contributed by atoms with E-state index < -0.39 is 10.2 Å². The van der Waals surface area contributed by atoms with Gasteiger partial charge in [0.05, 0.1) is 5.69 Å². The molecule has 15 heavy (non-hydrogen) atoms. The number of aromatic nitrogens is 2. The molecule has 0 saturated carbocycles. The van der Waals surface area contributed by atoms with Gasteiger partial charge in [-0.15, -0.1) is 0 Å². The molecule has 0 saturated heterocycles. The highest BCUT2D eigenvalue weighted by molar-refractivity contribution is 7.87. The van der Waals surface area contributed by atoms with Gasteiger partial charge < -0.3 is 5.11 Å². The average Bonchev–Trinajstić information content (AvgIpc) is 2.49. The highest BCUT2D eigenvalue weighted by Crippen LogP contribution is 2.09. The molecule has 0 aliphatic heterocycles. The fourth-order valence-corrected chi connectivity index (χ4v) is 1.93. The Labute approximate surface area is 89.3 Å². The molecule has 0 aliphatic carbocycles. The number of hydrogen-bond donors (Lipinski definition) is 1. The molecule has 0 aliphatic rings. The van der Waals surface area contributed by atoms with Crippen molar-refractivity contribution in [2.24, 2.45) is 0 Å². The maximum Gasteiger partial charge on any atom is 0.322 e. The van der Waals surface area contributed by atoms with E-state index in [1.54, 1.807) is 6.92 Å². The van der Waals surface area contributed by atoms with Crippen molar-refractivity contribution in [3.05, 3.63) is 17.5 Å². The van der Waals surface area contributed by atoms with Gasteiger partial charge in [-0.3, -0.25) is 0 Å². The second-order valence-corrected chi connectivity index (χ2v) is 5.40. The largest absolute Gasteiger partial charge is 0.396 e. The number of nitrogens with zero attached hydrogens (tertiary/aromatic N) is 3. The fourth-order valence-electron chi connectivity index (χ4n) is 1.11. The highest BCUT2D eigenvalue weighted by atomic mass is 32.2. The Morgan fingerprint density at radius 1 is 1.53 bits per heavy atom. The summed E-state index contributed by atoms with van der Waals surface area (Å²) in [4.78, 5) is 0. The number of rotatable bonds is 4. The van der Waals surface area contributed by atoms with Crippen LogP contribution >= 0.6 is 0 Å². The summed E-state index contributed by atoms with van der Waals surface area (Å²) in [5, 5.41) is 12.7. The van der Waals surface area contributed by atoms with Crippen molar-refractivity contribution in [2.45, 2.75) is 13.3 Å². The number of hydrogen-bond acceptors (Lipinski definition) is 4. The van der Waals surface area contributed by atoms with Crippen LogP contribution in [0.1, 0.15) is 11.3 Å². The summed E-state index contributed by atoms with van der Waals surface area (Å²) in [7, 11) is -0.655. The van der Waals surface area contributed by atoms with Crippen molar-refractivity contribution in [3.8, 4) is 0 Å². The summed E-state index contributed by atoms with van der Waals surface area (Å²) in [6.07, 6.45) is 1.81. The minimum atomic E-state index is -3.54. The molecule has 1 rings (SSSR count). The van der Waals surface area contributed by atoms with Crippen LogP contribution in [0, 0.1) is 6.92 Å². The first-order chi connectivity index (χ1) is 6.89. The maximum absolute atomic E-state index is 11.7. The SMILES string of the molecule is Cc1cn(S(=O)(=O)N(C)C)nc1CCO. The van der Waals surface area contributed by atoms with Gasteiger partial charge in [0.1, 0.15) is 0 Å². The molecule has 0 radical (unpaired) electrons. The number of aliphatic hydroxyl groups excluding tert-OH is 1. The van der Waals surface area contributed by atoms with Crippen molar-refractivity contribution in [1.29, 1.82) is 0 Å². The van der Waals surface area contributed by atoms with Crippen molar-refractivity contribution in [2.75, 3.05) is 20.7 Å². The first-order valence-corrected chi connectivity index (χ1v) is 5.88. The molecular formula is C8H15N3O3S. The normalized spacial score (nSPS) is 12.3. The lowest BCUT2D eigenvalue weighted by Crippen LogP contribution is -2.29. The van der Waals surface area contributed by atoms with E-state index in [1.807, 2.05) is 0 Å². The van der Waals surface area contributed by atoms with Crippen LogP contribution < -0.4 is 0 Å². The molecule has 0 atom stereocenters. The third kappa shape index (κ3) is 2.36. The maximum atomic E-state index is 11.7. The van der Waals surface area contributed by atoms with Crippen molar-refractivity contribution in [1.82, 2.24) is 13.5 Å². The standard InChI is InChI=1S/C8H15N3O3S/c1-7-6-11(9-8(7)4-5-12)15(13,14)10(2)3/h6,12H,4-5H2,1-3H3. The van der Waals surface area contributed by atoms with Gasteiger partial charge in [-0.25, -0.2) is 0 Å². The Kier molecular flexibility index (Phi) is 3.48. The molecule has 7 heteroatoms. The van der Waals surface area contributed by atoms with Crippen LogP contribution in [-0.4, -0.2) is 47.7 Å². The molecule has 0 unspecified atom stereocenters. The highest BCUT2D eigenvalue weighted by Gasteiger charge is 2.18. The van der Waals surface area contributed by atoms with Crippen LogP contribution in [0.25, 0.3) is 0 Å². The average molecular weight is 233 g/mol. The first kappa shape index (κ1) is 12.2. The van der Waals surface area contributed by atoms with Gasteiger partial charge in [0.25, 0.3) is 0 Å². The van der Waals surface area contributed by atoms with Crippen molar-refractivity contribution >= 4 is 10.2 Å². The van der Waals surface area contributed by atoms with Crippen LogP contribution in [0.15, 0.2) is 6.20 Å². The zero-order valence-corrected chi connectivity index (χ0v) is 9.82. The van der Waals surface area contributed by atoms with Crippen LogP contribution in [0.3, 0.4) is 0 Å². The molecule has 0 amide bonds. The number of aryl methyl sites for hydroxylation is 1. The van der Waals surface area contributed by atoms with Gasteiger partial charge in [-0.2, -0.15) is 21.9 Å². The minimum Gasteiger partial charge on any atom is -0.396 e. The quantitative estimate of drug-likeness (QED) is 0.752. The Bertz CT molecular complexity index is 436. The topological polar surface area (TPSA) is 75.4 Å². The van der Waals surface area contributed by atoms with E-state index in [0.29, 0.717) is 12.1 Å². The van der Waals surface area contributed by atoms with Crippen LogP contribution in [0.2, 0.25) is 0 Å². The van der Waals surface area contributed by atoms with E-state index in [4.69, 9.17) is 5.11 Å². The smallest absolute Gasteiger partial charge is 0.322 e. The molecule has 1 heterocycles. The van der Waals surface area contributed by atoms with Gasteiger partial charge in [0.2, 0.25) is 0 Å². The second kappa shape index (κ2) is 4.30. The zero-order chi connectivity index (χ0) is 11.6. The molecular weight excluding hydrogens is 218 g/mol. The minimum absolute atomic E-state index is 0.0418. The lowest BCUT2D eigenvalue weighted by atomic mass is 10.2. The van der Waals surface area contributed by atoms with E-state index >= 15 is 0 Å². The lowest BCUT2D eigenvalue weighted by Gasteiger charge is -2.10. The Morgan fingerprint density at radius 3 is 2.60 bits per heavy atom. The monoisotopic (exact) mass is 233 g/mol. The summed E-state index contributed by atoms with van der Waals surface area (Å²) in [6.45, 7) is 1.72. The van der Waals surface area contributed by atoms with Crippen molar-refractivity contribution < 1.29 is 13.5 Å². The van der Waals surface area contributed by atoms with Crippen molar-refractivity contribution in [3.63, 3.8) is 0 Å². The van der Waals surface area contributed by atoms with Crippen LogP contribution in [0.4, 0.5) is 0 Å². The van der Waals surface area contributed by atoms with Gasteiger partial charge in [-0.05, 0) is 12.5 Å². The summed E-state index contributed by atoms with van der Waals surface area (Å²) < 4.78 is 25.3. The summed E-state index contributed by atoms with van der Waals surface area (Å²) in [5.74, 6) is 0. The molecule has 0 bridgehead atoms. The van der Waals surface area contributed by atoms with E-state index in [-0.39, 0.29) is 6.61 Å². The van der Waals surface area contributed by atoms with Crippen LogP contribution in [0.5, 0.6) is 0 Å². The Morgan fingerprint density at radius 2 is 2.13 bits per heavy atom. The van der Waals surface area contributed by atoms with Gasteiger partial charge in [0.15, 0.2) is 0 Å². The fraction of sp³-hybridized carbons (Fsp3) is 0.625. The summed E-state index contributed by atoms with van der Waals surface area (Å²) in [5.41, 5.74) is 1.36. The second-order valence-electron chi connectivity index (χ2n) is 3.40. The van der Waals surface area contributed by atoms with E-state index in [9.17, 15) is 8.42 Å². The molecule has 86 valence electrons. The molecule has 1 aromatic heterocycles. The molecule has 0 fully saturated rings. The summed E-state index contributed by atoms with van der Waals surface area (Å²) >= 11 is 0. The van der Waals surface area contributed by atoms with Gasteiger partial charge in [-0.1, -0.05) is 0 Å².